The summed E-state index contributed by atoms with van der Waals surface area (Å²) in [6, 6.07) is 27.6. The molecule has 4 rings (SSSR count). The predicted molar refractivity (Wildman–Crippen MR) is 138 cm³/mol. The molecule has 1 fully saturated rings. The Morgan fingerprint density at radius 1 is 0.886 bits per heavy atom. The van der Waals surface area contributed by atoms with E-state index in [1.165, 1.54) is 5.56 Å². The van der Waals surface area contributed by atoms with Crippen LogP contribution in [0, 0.1) is 5.92 Å². The van der Waals surface area contributed by atoms with Crippen LogP contribution < -0.4 is 10.1 Å². The second-order valence-electron chi connectivity index (χ2n) is 8.87. The van der Waals surface area contributed by atoms with Gasteiger partial charge in [0, 0.05) is 44.8 Å². The fourth-order valence-electron chi connectivity index (χ4n) is 4.45. The van der Waals surface area contributed by atoms with Crippen molar-refractivity contribution in [2.24, 2.45) is 5.92 Å². The monoisotopic (exact) mass is 471 g/mol. The highest BCUT2D eigenvalue weighted by Gasteiger charge is 2.32. The van der Waals surface area contributed by atoms with Gasteiger partial charge >= 0.3 is 0 Å². The number of benzene rings is 3. The van der Waals surface area contributed by atoms with E-state index in [0.717, 1.165) is 24.4 Å². The minimum atomic E-state index is -0.410. The first kappa shape index (κ1) is 24.5. The van der Waals surface area contributed by atoms with Gasteiger partial charge in [-0.05, 0) is 42.3 Å². The van der Waals surface area contributed by atoms with Crippen molar-refractivity contribution in [3.05, 3.63) is 96.1 Å². The number of carbonyl (C=O) groups excluding carboxylic acids is 2. The highest BCUT2D eigenvalue weighted by Crippen LogP contribution is 2.21. The molecule has 1 N–H and O–H groups in total. The smallest absolute Gasteiger partial charge is 0.227 e. The number of hydrogen-bond donors (Lipinski definition) is 1. The Balaban J connectivity index is 1.46. The van der Waals surface area contributed by atoms with Crippen LogP contribution in [0.25, 0.3) is 0 Å². The third-order valence-corrected chi connectivity index (χ3v) is 6.17. The number of hydrogen-bond acceptors (Lipinski definition) is 4. The molecule has 1 unspecified atom stereocenters. The Morgan fingerprint density at radius 3 is 2.14 bits per heavy atom. The first-order valence-corrected chi connectivity index (χ1v) is 12.2. The van der Waals surface area contributed by atoms with Crippen LogP contribution in [0.2, 0.25) is 0 Å². The van der Waals surface area contributed by atoms with Gasteiger partial charge in [-0.1, -0.05) is 60.7 Å². The van der Waals surface area contributed by atoms with Gasteiger partial charge in [-0.15, -0.1) is 0 Å². The van der Waals surface area contributed by atoms with E-state index in [1.54, 1.807) is 0 Å². The van der Waals surface area contributed by atoms with Crippen molar-refractivity contribution >= 4 is 17.5 Å². The number of nitrogens with zero attached hydrogens (tertiary/aromatic N) is 2. The lowest BCUT2D eigenvalue weighted by Gasteiger charge is -2.24. The molecule has 0 aliphatic carbocycles. The summed E-state index contributed by atoms with van der Waals surface area (Å²) in [4.78, 5) is 30.7. The molecular weight excluding hydrogens is 438 g/mol. The summed E-state index contributed by atoms with van der Waals surface area (Å²) in [6.07, 6.45) is 0.141. The summed E-state index contributed by atoms with van der Waals surface area (Å²) < 4.78 is 5.47. The Hall–Kier alpha value is -3.64. The molecular formula is C29H33N3O3. The predicted octanol–water partition coefficient (Wildman–Crippen LogP) is 4.57. The number of rotatable bonds is 9. The molecule has 0 bridgehead atoms. The fraction of sp³-hybridized carbons (Fsp3) is 0.310. The van der Waals surface area contributed by atoms with E-state index in [-0.39, 0.29) is 18.2 Å². The van der Waals surface area contributed by atoms with Crippen molar-refractivity contribution in [2.45, 2.75) is 26.4 Å². The largest absolute Gasteiger partial charge is 0.494 e. The molecule has 0 aromatic heterocycles. The molecule has 6 nitrogen and oxygen atoms in total. The molecule has 0 spiro atoms. The standard InChI is InChI=1S/C29H33N3O3/c1-2-35-27-15-13-26(14-16-27)30-28(33)19-25-22-31(20-23-9-5-3-6-10-23)17-18-32(29(25)34)21-24-11-7-4-8-12-24/h3-16,25H,2,17-22H2,1H3,(H,30,33). The summed E-state index contributed by atoms with van der Waals surface area (Å²) in [5, 5.41) is 2.94. The normalized spacial score (nSPS) is 16.5. The minimum Gasteiger partial charge on any atom is -0.494 e. The zero-order chi connectivity index (χ0) is 24.5. The molecule has 1 aliphatic rings. The minimum absolute atomic E-state index is 0.0336. The summed E-state index contributed by atoms with van der Waals surface area (Å²) in [5.74, 6) is 0.227. The van der Waals surface area contributed by atoms with Crippen molar-refractivity contribution in [3.63, 3.8) is 0 Å². The molecule has 3 aromatic carbocycles. The van der Waals surface area contributed by atoms with Gasteiger partial charge in [0.15, 0.2) is 0 Å². The molecule has 2 amide bonds. The maximum Gasteiger partial charge on any atom is 0.227 e. The van der Waals surface area contributed by atoms with Crippen LogP contribution in [0.3, 0.4) is 0 Å². The van der Waals surface area contributed by atoms with Crippen molar-refractivity contribution < 1.29 is 14.3 Å². The van der Waals surface area contributed by atoms with Crippen LogP contribution >= 0.6 is 0 Å². The fourth-order valence-corrected chi connectivity index (χ4v) is 4.45. The second kappa shape index (κ2) is 12.2. The highest BCUT2D eigenvalue weighted by molar-refractivity contribution is 5.94. The Morgan fingerprint density at radius 2 is 1.51 bits per heavy atom. The lowest BCUT2D eigenvalue weighted by molar-refractivity contribution is -0.137. The molecule has 1 saturated heterocycles. The van der Waals surface area contributed by atoms with Crippen LogP contribution in [-0.4, -0.2) is 47.9 Å². The van der Waals surface area contributed by atoms with Crippen LogP contribution in [0.4, 0.5) is 5.69 Å². The SMILES string of the molecule is CCOc1ccc(NC(=O)CC2CN(Cc3ccccc3)CCN(Cc3ccccc3)C2=O)cc1. The maximum absolute atomic E-state index is 13.6. The average molecular weight is 472 g/mol. The van der Waals surface area contributed by atoms with Crippen LogP contribution in [0.15, 0.2) is 84.9 Å². The van der Waals surface area contributed by atoms with E-state index in [0.29, 0.717) is 31.9 Å². The van der Waals surface area contributed by atoms with E-state index in [1.807, 2.05) is 84.6 Å². The van der Waals surface area contributed by atoms with Gasteiger partial charge in [0.05, 0.1) is 12.5 Å². The van der Waals surface area contributed by atoms with Gasteiger partial charge in [0.25, 0.3) is 0 Å². The molecule has 0 saturated carbocycles. The van der Waals surface area contributed by atoms with Crippen molar-refractivity contribution in [1.82, 2.24) is 9.80 Å². The number of amides is 2. The van der Waals surface area contributed by atoms with Crippen LogP contribution in [-0.2, 0) is 22.7 Å². The molecule has 3 aromatic rings. The molecule has 1 aliphatic heterocycles. The number of carbonyl (C=O) groups is 2. The van der Waals surface area contributed by atoms with Crippen LogP contribution in [0.1, 0.15) is 24.5 Å². The Bertz CT molecular complexity index is 1090. The third-order valence-electron chi connectivity index (χ3n) is 6.17. The number of anilines is 1. The van der Waals surface area contributed by atoms with Gasteiger partial charge in [0.1, 0.15) is 5.75 Å². The second-order valence-corrected chi connectivity index (χ2v) is 8.87. The van der Waals surface area contributed by atoms with E-state index in [2.05, 4.69) is 22.3 Å². The van der Waals surface area contributed by atoms with E-state index in [9.17, 15) is 9.59 Å². The van der Waals surface area contributed by atoms with E-state index < -0.39 is 5.92 Å². The molecule has 1 atom stereocenters. The zero-order valence-corrected chi connectivity index (χ0v) is 20.2. The van der Waals surface area contributed by atoms with Gasteiger partial charge in [0.2, 0.25) is 11.8 Å². The lowest BCUT2D eigenvalue weighted by Crippen LogP contribution is -2.37. The maximum atomic E-state index is 13.6. The quantitative estimate of drug-likeness (QED) is 0.497. The zero-order valence-electron chi connectivity index (χ0n) is 20.2. The topological polar surface area (TPSA) is 61.9 Å². The molecule has 182 valence electrons. The van der Waals surface area contributed by atoms with E-state index in [4.69, 9.17) is 4.74 Å². The van der Waals surface area contributed by atoms with Gasteiger partial charge < -0.3 is 15.0 Å². The van der Waals surface area contributed by atoms with Crippen molar-refractivity contribution in [1.29, 1.82) is 0 Å². The van der Waals surface area contributed by atoms with Crippen LogP contribution in [0.5, 0.6) is 5.75 Å². The summed E-state index contributed by atoms with van der Waals surface area (Å²) in [6.45, 7) is 5.79. The summed E-state index contributed by atoms with van der Waals surface area (Å²) in [5.41, 5.74) is 2.99. The summed E-state index contributed by atoms with van der Waals surface area (Å²) >= 11 is 0. The Labute approximate surface area is 207 Å². The highest BCUT2D eigenvalue weighted by atomic mass is 16.5. The van der Waals surface area contributed by atoms with Crippen molar-refractivity contribution in [3.8, 4) is 5.75 Å². The first-order valence-electron chi connectivity index (χ1n) is 12.2. The van der Waals surface area contributed by atoms with Gasteiger partial charge in [-0.3, -0.25) is 14.5 Å². The average Bonchev–Trinajstić information content (AvgIpc) is 3.01. The Kier molecular flexibility index (Phi) is 8.52. The number of nitrogens with one attached hydrogen (secondary N) is 1. The van der Waals surface area contributed by atoms with Gasteiger partial charge in [-0.25, -0.2) is 0 Å². The molecule has 0 radical (unpaired) electrons. The molecule has 35 heavy (non-hydrogen) atoms. The lowest BCUT2D eigenvalue weighted by atomic mass is 10.0. The molecule has 6 heteroatoms. The summed E-state index contributed by atoms with van der Waals surface area (Å²) in [7, 11) is 0. The van der Waals surface area contributed by atoms with Crippen molar-refractivity contribution in [2.75, 3.05) is 31.6 Å². The van der Waals surface area contributed by atoms with E-state index >= 15 is 0 Å². The third kappa shape index (κ3) is 7.17. The van der Waals surface area contributed by atoms with Gasteiger partial charge in [-0.2, -0.15) is 0 Å². The first-order chi connectivity index (χ1) is 17.1. The number of ether oxygens (including phenoxy) is 1. The molecule has 1 heterocycles.